The number of guanidine groups is 1. The first-order valence-corrected chi connectivity index (χ1v) is 8.09. The Morgan fingerprint density at radius 2 is 2.14 bits per heavy atom. The van der Waals surface area contributed by atoms with Gasteiger partial charge in [-0.15, -0.1) is 0 Å². The first-order chi connectivity index (χ1) is 10.7. The fraction of sp³-hybridized carbons (Fsp3) is 0.529. The fourth-order valence-corrected chi connectivity index (χ4v) is 2.61. The molecule has 0 unspecified atom stereocenters. The number of aliphatic imine (C=N–C) groups is 1. The quantitative estimate of drug-likeness (QED) is 0.477. The fourth-order valence-electron chi connectivity index (χ4n) is 2.61. The standard InChI is InChI=1S/C17H26N4O/c1-2-10-19-17(18)20-11-5-8-16(22)21-12-9-14-6-3-4-7-15(14)13-21/h3-4,6-7H,2,5,8-13H2,1H3,(H3,18,19,20). The summed E-state index contributed by atoms with van der Waals surface area (Å²) in [5, 5.41) is 3.05. The summed E-state index contributed by atoms with van der Waals surface area (Å²) < 4.78 is 0. The highest BCUT2D eigenvalue weighted by Gasteiger charge is 2.19. The number of nitrogens with one attached hydrogen (secondary N) is 1. The molecule has 5 heteroatoms. The summed E-state index contributed by atoms with van der Waals surface area (Å²) in [6, 6.07) is 8.36. The molecule has 0 fully saturated rings. The average molecular weight is 302 g/mol. The van der Waals surface area contributed by atoms with Crippen molar-refractivity contribution in [2.75, 3.05) is 19.6 Å². The van der Waals surface area contributed by atoms with E-state index in [0.717, 1.165) is 38.9 Å². The maximum absolute atomic E-state index is 12.3. The van der Waals surface area contributed by atoms with Crippen molar-refractivity contribution in [3.63, 3.8) is 0 Å². The van der Waals surface area contributed by atoms with Crippen LogP contribution in [0, 0.1) is 0 Å². The predicted octanol–water partition coefficient (Wildman–Crippen LogP) is 1.67. The lowest BCUT2D eigenvalue weighted by molar-refractivity contribution is -0.132. The Bertz CT molecular complexity index is 527. The van der Waals surface area contributed by atoms with Gasteiger partial charge in [-0.1, -0.05) is 31.2 Å². The van der Waals surface area contributed by atoms with Gasteiger partial charge in [0.05, 0.1) is 0 Å². The minimum absolute atomic E-state index is 0.223. The van der Waals surface area contributed by atoms with Crippen LogP contribution in [-0.4, -0.2) is 36.4 Å². The lowest BCUT2D eigenvalue weighted by atomic mass is 9.99. The normalized spacial score (nSPS) is 14.6. The number of hydrogen-bond acceptors (Lipinski definition) is 2. The van der Waals surface area contributed by atoms with E-state index in [-0.39, 0.29) is 5.91 Å². The number of fused-ring (bicyclic) bond motifs is 1. The van der Waals surface area contributed by atoms with Crippen molar-refractivity contribution in [2.24, 2.45) is 10.7 Å². The zero-order valence-electron chi connectivity index (χ0n) is 13.3. The largest absolute Gasteiger partial charge is 0.370 e. The highest BCUT2D eigenvalue weighted by molar-refractivity contribution is 5.78. The number of nitrogens with two attached hydrogens (primary N) is 1. The van der Waals surface area contributed by atoms with Gasteiger partial charge in [0.15, 0.2) is 5.96 Å². The van der Waals surface area contributed by atoms with Crippen molar-refractivity contribution in [3.05, 3.63) is 35.4 Å². The Hall–Kier alpha value is -2.04. The number of carbonyl (C=O) groups is 1. The van der Waals surface area contributed by atoms with Gasteiger partial charge in [0.1, 0.15) is 0 Å². The van der Waals surface area contributed by atoms with Crippen molar-refractivity contribution in [1.82, 2.24) is 10.2 Å². The lowest BCUT2D eigenvalue weighted by Crippen LogP contribution is -2.37. The Morgan fingerprint density at radius 1 is 1.36 bits per heavy atom. The number of hydrogen-bond donors (Lipinski definition) is 2. The van der Waals surface area contributed by atoms with Gasteiger partial charge in [-0.05, 0) is 30.4 Å². The van der Waals surface area contributed by atoms with Gasteiger partial charge in [0.25, 0.3) is 0 Å². The summed E-state index contributed by atoms with van der Waals surface area (Å²) >= 11 is 0. The molecule has 2 rings (SSSR count). The van der Waals surface area contributed by atoms with E-state index in [1.54, 1.807) is 0 Å². The molecule has 0 spiro atoms. The number of carbonyl (C=O) groups excluding carboxylic acids is 1. The smallest absolute Gasteiger partial charge is 0.222 e. The van der Waals surface area contributed by atoms with Crippen LogP contribution in [0.4, 0.5) is 0 Å². The van der Waals surface area contributed by atoms with E-state index in [0.29, 0.717) is 18.9 Å². The average Bonchev–Trinajstić information content (AvgIpc) is 2.56. The van der Waals surface area contributed by atoms with E-state index in [2.05, 4.69) is 35.4 Å². The van der Waals surface area contributed by atoms with Crippen molar-refractivity contribution in [2.45, 2.75) is 39.2 Å². The zero-order valence-corrected chi connectivity index (χ0v) is 13.3. The maximum Gasteiger partial charge on any atom is 0.222 e. The van der Waals surface area contributed by atoms with E-state index in [1.165, 1.54) is 11.1 Å². The maximum atomic E-state index is 12.3. The molecule has 1 amide bonds. The first kappa shape index (κ1) is 16.3. The van der Waals surface area contributed by atoms with Crippen LogP contribution in [0.3, 0.4) is 0 Å². The van der Waals surface area contributed by atoms with Crippen LogP contribution in [0.15, 0.2) is 29.3 Å². The van der Waals surface area contributed by atoms with Gasteiger partial charge in [-0.3, -0.25) is 9.79 Å². The number of rotatable bonds is 6. The molecule has 1 aromatic rings. The monoisotopic (exact) mass is 302 g/mol. The third-order valence-electron chi connectivity index (χ3n) is 3.86. The number of amides is 1. The Morgan fingerprint density at radius 3 is 2.91 bits per heavy atom. The van der Waals surface area contributed by atoms with Gasteiger partial charge in [0, 0.05) is 32.6 Å². The summed E-state index contributed by atoms with van der Waals surface area (Å²) in [6.07, 6.45) is 3.27. The third kappa shape index (κ3) is 4.76. The molecule has 3 N–H and O–H groups in total. The van der Waals surface area contributed by atoms with Crippen LogP contribution in [0.2, 0.25) is 0 Å². The topological polar surface area (TPSA) is 70.7 Å². The van der Waals surface area contributed by atoms with Gasteiger partial charge in [-0.2, -0.15) is 0 Å². The molecule has 0 saturated heterocycles. The Labute approximate surface area is 132 Å². The van der Waals surface area contributed by atoms with Gasteiger partial charge in [-0.25, -0.2) is 0 Å². The van der Waals surface area contributed by atoms with Crippen LogP contribution in [0.25, 0.3) is 0 Å². The molecule has 22 heavy (non-hydrogen) atoms. The minimum Gasteiger partial charge on any atom is -0.370 e. The first-order valence-electron chi connectivity index (χ1n) is 8.09. The molecular weight excluding hydrogens is 276 g/mol. The van der Waals surface area contributed by atoms with Crippen molar-refractivity contribution in [3.8, 4) is 0 Å². The molecule has 0 saturated carbocycles. The van der Waals surface area contributed by atoms with Crippen molar-refractivity contribution in [1.29, 1.82) is 0 Å². The van der Waals surface area contributed by atoms with Crippen molar-refractivity contribution < 1.29 is 4.79 Å². The van der Waals surface area contributed by atoms with E-state index < -0.39 is 0 Å². The molecule has 1 aliphatic rings. The van der Waals surface area contributed by atoms with E-state index in [4.69, 9.17) is 5.73 Å². The van der Waals surface area contributed by atoms with Crippen LogP contribution >= 0.6 is 0 Å². The third-order valence-corrected chi connectivity index (χ3v) is 3.86. The second-order valence-corrected chi connectivity index (χ2v) is 5.63. The number of nitrogens with zero attached hydrogens (tertiary/aromatic N) is 2. The SMILES string of the molecule is CCCN=C(N)NCCCC(=O)N1CCc2ccccc2C1. The van der Waals surface area contributed by atoms with Gasteiger partial charge >= 0.3 is 0 Å². The van der Waals surface area contributed by atoms with E-state index in [9.17, 15) is 4.79 Å². The van der Waals surface area contributed by atoms with E-state index in [1.807, 2.05) is 11.0 Å². The molecule has 120 valence electrons. The minimum atomic E-state index is 0.223. The number of benzene rings is 1. The molecule has 0 bridgehead atoms. The second-order valence-electron chi connectivity index (χ2n) is 5.63. The Kier molecular flexibility index (Phi) is 6.25. The molecular formula is C17H26N4O. The summed E-state index contributed by atoms with van der Waals surface area (Å²) in [7, 11) is 0. The summed E-state index contributed by atoms with van der Waals surface area (Å²) in [4.78, 5) is 18.4. The van der Waals surface area contributed by atoms with Crippen LogP contribution in [0.5, 0.6) is 0 Å². The second kappa shape index (κ2) is 8.41. The summed E-state index contributed by atoms with van der Waals surface area (Å²) in [5.41, 5.74) is 8.36. The van der Waals surface area contributed by atoms with Gasteiger partial charge < -0.3 is 16.0 Å². The zero-order chi connectivity index (χ0) is 15.8. The highest BCUT2D eigenvalue weighted by Crippen LogP contribution is 2.19. The Balaban J connectivity index is 1.70. The predicted molar refractivity (Wildman–Crippen MR) is 89.6 cm³/mol. The molecule has 0 aromatic heterocycles. The van der Waals surface area contributed by atoms with Crippen molar-refractivity contribution >= 4 is 11.9 Å². The van der Waals surface area contributed by atoms with Crippen LogP contribution in [-0.2, 0) is 17.8 Å². The molecule has 1 aliphatic heterocycles. The molecule has 1 heterocycles. The van der Waals surface area contributed by atoms with E-state index >= 15 is 0 Å². The summed E-state index contributed by atoms with van der Waals surface area (Å²) in [5.74, 6) is 0.696. The van der Waals surface area contributed by atoms with Gasteiger partial charge in [0.2, 0.25) is 5.91 Å². The lowest BCUT2D eigenvalue weighted by Gasteiger charge is -2.29. The molecule has 0 atom stereocenters. The van der Waals surface area contributed by atoms with Crippen LogP contribution in [0.1, 0.15) is 37.3 Å². The molecule has 0 aliphatic carbocycles. The summed E-state index contributed by atoms with van der Waals surface area (Å²) in [6.45, 7) is 5.05. The molecule has 5 nitrogen and oxygen atoms in total. The van der Waals surface area contributed by atoms with Crippen LogP contribution < -0.4 is 11.1 Å². The molecule has 1 aromatic carbocycles. The highest BCUT2D eigenvalue weighted by atomic mass is 16.2. The molecule has 0 radical (unpaired) electrons.